The van der Waals surface area contributed by atoms with E-state index in [1.54, 1.807) is 18.2 Å². The summed E-state index contributed by atoms with van der Waals surface area (Å²) in [6, 6.07) is 8.66. The van der Waals surface area contributed by atoms with Gasteiger partial charge in [0.25, 0.3) is 5.91 Å². The molecule has 98 valence electrons. The van der Waals surface area contributed by atoms with Gasteiger partial charge in [0.1, 0.15) is 11.5 Å². The van der Waals surface area contributed by atoms with Crippen LogP contribution in [0.25, 0.3) is 0 Å². The van der Waals surface area contributed by atoms with Crippen molar-refractivity contribution < 1.29 is 4.79 Å². The van der Waals surface area contributed by atoms with E-state index in [-0.39, 0.29) is 11.6 Å². The summed E-state index contributed by atoms with van der Waals surface area (Å²) < 4.78 is 0. The fourth-order valence-corrected chi connectivity index (χ4v) is 1.65. The summed E-state index contributed by atoms with van der Waals surface area (Å²) in [5.74, 6) is 5.39. The van der Waals surface area contributed by atoms with E-state index < -0.39 is 0 Å². The second-order valence-corrected chi connectivity index (χ2v) is 4.09. The highest BCUT2D eigenvalue weighted by Gasteiger charge is 2.10. The van der Waals surface area contributed by atoms with Crippen LogP contribution in [-0.4, -0.2) is 15.9 Å². The molecular formula is C13H15N5O. The lowest BCUT2D eigenvalue weighted by molar-refractivity contribution is 0.102. The quantitative estimate of drug-likeness (QED) is 0.574. The number of hydrogen-bond donors (Lipinski definition) is 3. The van der Waals surface area contributed by atoms with Crippen molar-refractivity contribution in [3.8, 4) is 0 Å². The van der Waals surface area contributed by atoms with Crippen LogP contribution >= 0.6 is 0 Å². The maximum absolute atomic E-state index is 12.0. The van der Waals surface area contributed by atoms with E-state index in [4.69, 9.17) is 5.84 Å². The average molecular weight is 257 g/mol. The Bertz CT molecular complexity index is 612. The zero-order valence-corrected chi connectivity index (χ0v) is 10.8. The minimum atomic E-state index is -0.300. The number of hydrazine groups is 1. The summed E-state index contributed by atoms with van der Waals surface area (Å²) in [4.78, 5) is 20.4. The van der Waals surface area contributed by atoms with Gasteiger partial charge >= 0.3 is 0 Å². The summed E-state index contributed by atoms with van der Waals surface area (Å²) in [6.45, 7) is 3.74. The highest BCUT2D eigenvalue weighted by Crippen LogP contribution is 2.14. The number of pyridine rings is 2. The van der Waals surface area contributed by atoms with Crippen molar-refractivity contribution in [2.24, 2.45) is 5.84 Å². The van der Waals surface area contributed by atoms with E-state index in [1.165, 1.54) is 0 Å². The Kier molecular flexibility index (Phi) is 3.72. The number of anilines is 2. The van der Waals surface area contributed by atoms with Crippen molar-refractivity contribution >= 4 is 17.4 Å². The summed E-state index contributed by atoms with van der Waals surface area (Å²) in [5, 5.41) is 2.77. The van der Waals surface area contributed by atoms with Crippen molar-refractivity contribution in [3.63, 3.8) is 0 Å². The molecule has 0 saturated carbocycles. The summed E-state index contributed by atoms with van der Waals surface area (Å²) in [6.07, 6.45) is 0. The van der Waals surface area contributed by atoms with Crippen LogP contribution in [0.5, 0.6) is 0 Å². The van der Waals surface area contributed by atoms with E-state index in [0.717, 1.165) is 11.4 Å². The van der Waals surface area contributed by atoms with E-state index in [2.05, 4.69) is 20.7 Å². The molecule has 2 heterocycles. The fraction of sp³-hybridized carbons (Fsp3) is 0.154. The van der Waals surface area contributed by atoms with Gasteiger partial charge in [0, 0.05) is 5.69 Å². The Morgan fingerprint density at radius 2 is 1.95 bits per heavy atom. The molecule has 0 spiro atoms. The Labute approximate surface area is 111 Å². The zero-order chi connectivity index (χ0) is 13.8. The second-order valence-electron chi connectivity index (χ2n) is 4.09. The molecule has 6 nitrogen and oxygen atoms in total. The highest BCUT2D eigenvalue weighted by atomic mass is 16.1. The SMILES string of the molecule is Cc1ccc(NC(=O)c2cccc(NN)n2)c(C)n1. The Morgan fingerprint density at radius 1 is 1.16 bits per heavy atom. The number of amides is 1. The van der Waals surface area contributed by atoms with Gasteiger partial charge in [-0.05, 0) is 38.1 Å². The third-order valence-corrected chi connectivity index (χ3v) is 2.60. The second kappa shape index (κ2) is 5.45. The molecule has 4 N–H and O–H groups in total. The maximum atomic E-state index is 12.0. The van der Waals surface area contributed by atoms with Gasteiger partial charge in [-0.3, -0.25) is 9.78 Å². The van der Waals surface area contributed by atoms with E-state index in [9.17, 15) is 4.79 Å². The molecule has 0 aromatic carbocycles. The number of nitrogen functional groups attached to an aromatic ring is 1. The first-order valence-electron chi connectivity index (χ1n) is 5.79. The molecule has 2 aromatic heterocycles. The molecule has 2 rings (SSSR count). The number of nitrogens with zero attached hydrogens (tertiary/aromatic N) is 2. The van der Waals surface area contributed by atoms with Crippen LogP contribution in [0.1, 0.15) is 21.9 Å². The van der Waals surface area contributed by atoms with Crippen LogP contribution in [0.4, 0.5) is 11.5 Å². The largest absolute Gasteiger partial charge is 0.319 e. The summed E-state index contributed by atoms with van der Waals surface area (Å²) in [5.41, 5.74) is 5.03. The lowest BCUT2D eigenvalue weighted by Gasteiger charge is -2.08. The standard InChI is InChI=1S/C13H15N5O/c1-8-6-7-10(9(2)15-8)17-13(19)11-4-3-5-12(16-11)18-14/h3-7H,14H2,1-2H3,(H,16,18)(H,17,19). The van der Waals surface area contributed by atoms with Crippen molar-refractivity contribution in [2.45, 2.75) is 13.8 Å². The number of hydrogen-bond acceptors (Lipinski definition) is 5. The molecule has 0 atom stereocenters. The maximum Gasteiger partial charge on any atom is 0.274 e. The molecular weight excluding hydrogens is 242 g/mol. The Balaban J connectivity index is 2.20. The molecule has 0 bridgehead atoms. The van der Waals surface area contributed by atoms with Crippen LogP contribution < -0.4 is 16.6 Å². The first-order chi connectivity index (χ1) is 9.10. The van der Waals surface area contributed by atoms with Gasteiger partial charge in [0.05, 0.1) is 11.4 Å². The minimum Gasteiger partial charge on any atom is -0.319 e. The van der Waals surface area contributed by atoms with E-state index in [1.807, 2.05) is 26.0 Å². The first-order valence-corrected chi connectivity index (χ1v) is 5.79. The van der Waals surface area contributed by atoms with Gasteiger partial charge in [-0.25, -0.2) is 10.8 Å². The minimum absolute atomic E-state index is 0.287. The van der Waals surface area contributed by atoms with Crippen LogP contribution in [-0.2, 0) is 0 Å². The number of nitrogens with one attached hydrogen (secondary N) is 2. The molecule has 0 aliphatic rings. The lowest BCUT2D eigenvalue weighted by Crippen LogP contribution is -2.16. The van der Waals surface area contributed by atoms with Crippen molar-refractivity contribution in [3.05, 3.63) is 47.4 Å². The highest BCUT2D eigenvalue weighted by molar-refractivity contribution is 6.03. The molecule has 0 saturated heterocycles. The molecule has 2 aromatic rings. The molecule has 6 heteroatoms. The smallest absolute Gasteiger partial charge is 0.274 e. The number of carbonyl (C=O) groups excluding carboxylic acids is 1. The van der Waals surface area contributed by atoms with Gasteiger partial charge in [0.15, 0.2) is 0 Å². The average Bonchev–Trinajstić information content (AvgIpc) is 2.42. The van der Waals surface area contributed by atoms with Crippen molar-refractivity contribution in [1.82, 2.24) is 9.97 Å². The number of nitrogens with two attached hydrogens (primary N) is 1. The van der Waals surface area contributed by atoms with E-state index in [0.29, 0.717) is 11.5 Å². The van der Waals surface area contributed by atoms with Gasteiger partial charge < -0.3 is 10.7 Å². The van der Waals surface area contributed by atoms with Gasteiger partial charge in [0.2, 0.25) is 0 Å². The van der Waals surface area contributed by atoms with Crippen LogP contribution in [0, 0.1) is 13.8 Å². The summed E-state index contributed by atoms with van der Waals surface area (Å²) >= 11 is 0. The predicted molar refractivity (Wildman–Crippen MR) is 73.7 cm³/mol. The fourth-order valence-electron chi connectivity index (χ4n) is 1.65. The monoisotopic (exact) mass is 257 g/mol. The van der Waals surface area contributed by atoms with E-state index >= 15 is 0 Å². The third-order valence-electron chi connectivity index (χ3n) is 2.60. The van der Waals surface area contributed by atoms with Crippen molar-refractivity contribution in [1.29, 1.82) is 0 Å². The third kappa shape index (κ3) is 3.05. The topological polar surface area (TPSA) is 92.9 Å². The molecule has 19 heavy (non-hydrogen) atoms. The molecule has 0 fully saturated rings. The Morgan fingerprint density at radius 3 is 2.63 bits per heavy atom. The predicted octanol–water partition coefficient (Wildman–Crippen LogP) is 1.63. The van der Waals surface area contributed by atoms with Crippen LogP contribution in [0.15, 0.2) is 30.3 Å². The molecule has 0 radical (unpaired) electrons. The zero-order valence-electron chi connectivity index (χ0n) is 10.8. The van der Waals surface area contributed by atoms with Crippen LogP contribution in [0.3, 0.4) is 0 Å². The number of rotatable bonds is 3. The first kappa shape index (κ1) is 13.0. The molecule has 0 aliphatic carbocycles. The number of aromatic nitrogens is 2. The van der Waals surface area contributed by atoms with Gasteiger partial charge in [-0.15, -0.1) is 0 Å². The van der Waals surface area contributed by atoms with Gasteiger partial charge in [-0.2, -0.15) is 0 Å². The van der Waals surface area contributed by atoms with Crippen LogP contribution in [0.2, 0.25) is 0 Å². The van der Waals surface area contributed by atoms with Crippen molar-refractivity contribution in [2.75, 3.05) is 10.7 Å². The molecule has 0 unspecified atom stereocenters. The van der Waals surface area contributed by atoms with Gasteiger partial charge in [-0.1, -0.05) is 6.07 Å². The number of aryl methyl sites for hydroxylation is 2. The summed E-state index contributed by atoms with van der Waals surface area (Å²) in [7, 11) is 0. The number of carbonyl (C=O) groups is 1. The normalized spacial score (nSPS) is 10.1. The Hall–Kier alpha value is -2.47. The molecule has 0 aliphatic heterocycles. The molecule has 1 amide bonds. The lowest BCUT2D eigenvalue weighted by atomic mass is 10.2.